The van der Waals surface area contributed by atoms with Gasteiger partial charge in [-0.2, -0.15) is 0 Å². The molecule has 3 aromatic rings. The van der Waals surface area contributed by atoms with Crippen molar-refractivity contribution in [1.82, 2.24) is 25.0 Å². The summed E-state index contributed by atoms with van der Waals surface area (Å²) in [6, 6.07) is 14.5. The van der Waals surface area contributed by atoms with Gasteiger partial charge in [-0.1, -0.05) is 44.2 Å². The molecule has 0 atom stereocenters. The van der Waals surface area contributed by atoms with Crippen LogP contribution in [-0.2, 0) is 11.3 Å². The summed E-state index contributed by atoms with van der Waals surface area (Å²) in [5, 5.41) is 9.72. The Morgan fingerprint density at radius 1 is 1.16 bits per heavy atom. The highest BCUT2D eigenvalue weighted by Crippen LogP contribution is 2.23. The number of amides is 4. The average Bonchev–Trinajstić information content (AvgIpc) is 3.31. The number of rotatable bonds is 6. The van der Waals surface area contributed by atoms with Crippen molar-refractivity contribution in [3.63, 3.8) is 0 Å². The number of aromatic nitrogens is 3. The minimum absolute atomic E-state index is 0.00285. The summed E-state index contributed by atoms with van der Waals surface area (Å²) in [7, 11) is 0. The molecule has 0 bridgehead atoms. The molecule has 9 heteroatoms. The number of benzene rings is 2. The Balaban J connectivity index is 1.53. The van der Waals surface area contributed by atoms with Crippen LogP contribution in [0.4, 0.5) is 10.5 Å². The van der Waals surface area contributed by atoms with E-state index in [4.69, 9.17) is 0 Å². The van der Waals surface area contributed by atoms with Gasteiger partial charge >= 0.3 is 6.03 Å². The second-order valence-electron chi connectivity index (χ2n) is 7.90. The average molecular weight is 432 g/mol. The van der Waals surface area contributed by atoms with E-state index < -0.39 is 11.9 Å². The first-order valence-corrected chi connectivity index (χ1v) is 10.3. The van der Waals surface area contributed by atoms with Gasteiger partial charge in [-0.25, -0.2) is 14.5 Å². The van der Waals surface area contributed by atoms with Crippen LogP contribution in [0, 0.1) is 6.92 Å². The summed E-state index contributed by atoms with van der Waals surface area (Å²) >= 11 is 0. The maximum Gasteiger partial charge on any atom is 0.324 e. The summed E-state index contributed by atoms with van der Waals surface area (Å²) in [6.45, 7) is 6.14. The molecule has 164 valence electrons. The van der Waals surface area contributed by atoms with E-state index in [2.05, 4.69) is 34.6 Å². The smallest absolute Gasteiger partial charge is 0.324 e. The molecule has 32 heavy (non-hydrogen) atoms. The van der Waals surface area contributed by atoms with Crippen molar-refractivity contribution in [2.75, 3.05) is 11.9 Å². The van der Waals surface area contributed by atoms with Gasteiger partial charge in [0.1, 0.15) is 5.82 Å². The highest BCUT2D eigenvalue weighted by atomic mass is 16.2. The third-order valence-corrected chi connectivity index (χ3v) is 5.22. The lowest BCUT2D eigenvalue weighted by Crippen LogP contribution is -2.30. The van der Waals surface area contributed by atoms with Crippen molar-refractivity contribution in [3.05, 3.63) is 71.3 Å². The summed E-state index contributed by atoms with van der Waals surface area (Å²) in [5.41, 5.74) is 3.24. The Hall–Kier alpha value is -4.01. The van der Waals surface area contributed by atoms with Gasteiger partial charge in [0.15, 0.2) is 0 Å². The topological polar surface area (TPSA) is 109 Å². The van der Waals surface area contributed by atoms with Gasteiger partial charge in [-0.15, -0.1) is 5.10 Å². The zero-order valence-corrected chi connectivity index (χ0v) is 18.1. The maximum absolute atomic E-state index is 12.8. The monoisotopic (exact) mass is 432 g/mol. The Bertz CT molecular complexity index is 1180. The van der Waals surface area contributed by atoms with Gasteiger partial charge < -0.3 is 10.6 Å². The Labute approximate surface area is 185 Å². The molecule has 9 nitrogen and oxygen atoms in total. The number of anilines is 1. The molecule has 1 fully saturated rings. The van der Waals surface area contributed by atoms with E-state index in [0.717, 1.165) is 16.2 Å². The van der Waals surface area contributed by atoms with Gasteiger partial charge in [0.2, 0.25) is 11.7 Å². The van der Waals surface area contributed by atoms with Gasteiger partial charge in [0.25, 0.3) is 5.91 Å². The molecular formula is C23H24N6O3. The van der Waals surface area contributed by atoms with Gasteiger partial charge in [-0.05, 0) is 42.2 Å². The number of carbonyl (C=O) groups excluding carboxylic acids is 3. The molecule has 2 N–H and O–H groups in total. The normalized spacial score (nSPS) is 13.6. The number of hydrogen-bond acceptors (Lipinski definition) is 5. The van der Waals surface area contributed by atoms with Crippen molar-refractivity contribution >= 4 is 23.5 Å². The minimum Gasteiger partial charge on any atom is -0.329 e. The zero-order chi connectivity index (χ0) is 22.8. The number of carbonyl (C=O) groups is 3. The molecular weight excluding hydrogens is 408 g/mol. The Kier molecular flexibility index (Phi) is 5.72. The molecule has 0 saturated carbocycles. The van der Waals surface area contributed by atoms with Gasteiger partial charge in [0, 0.05) is 5.69 Å². The minimum atomic E-state index is -0.443. The predicted molar refractivity (Wildman–Crippen MR) is 119 cm³/mol. The third kappa shape index (κ3) is 4.22. The molecule has 4 rings (SSSR count). The highest BCUT2D eigenvalue weighted by Gasteiger charge is 2.28. The molecule has 1 aliphatic heterocycles. The fourth-order valence-electron chi connectivity index (χ4n) is 3.62. The summed E-state index contributed by atoms with van der Waals surface area (Å²) in [6.07, 6.45) is 0. The number of nitrogens with one attached hydrogen (secondary N) is 2. The SMILES string of the molecule is Cc1nc(C(=O)Nc2cccc(CN3C(=O)CNC3=O)c2)nn1-c1ccccc1C(C)C. The molecule has 0 aliphatic carbocycles. The molecule has 2 aromatic carbocycles. The second kappa shape index (κ2) is 8.62. The van der Waals surface area contributed by atoms with Gasteiger partial charge in [0.05, 0.1) is 18.8 Å². The predicted octanol–water partition coefficient (Wildman–Crippen LogP) is 3.00. The molecule has 1 aromatic heterocycles. The van der Waals surface area contributed by atoms with Crippen LogP contribution in [0.3, 0.4) is 0 Å². The van der Waals surface area contributed by atoms with Crippen LogP contribution in [0.2, 0.25) is 0 Å². The first-order valence-electron chi connectivity index (χ1n) is 10.3. The fourth-order valence-corrected chi connectivity index (χ4v) is 3.62. The zero-order valence-electron chi connectivity index (χ0n) is 18.1. The number of urea groups is 1. The quantitative estimate of drug-likeness (QED) is 0.582. The number of imide groups is 1. The van der Waals surface area contributed by atoms with Crippen molar-refractivity contribution in [2.24, 2.45) is 0 Å². The summed E-state index contributed by atoms with van der Waals surface area (Å²) < 4.78 is 1.68. The van der Waals surface area contributed by atoms with Crippen molar-refractivity contribution < 1.29 is 14.4 Å². The van der Waals surface area contributed by atoms with Crippen LogP contribution >= 0.6 is 0 Å². The van der Waals surface area contributed by atoms with Crippen LogP contribution in [0.15, 0.2) is 48.5 Å². The molecule has 1 saturated heterocycles. The van der Waals surface area contributed by atoms with Crippen LogP contribution in [-0.4, -0.2) is 44.1 Å². The molecule has 1 aliphatic rings. The molecule has 0 unspecified atom stereocenters. The molecule has 0 radical (unpaired) electrons. The molecule has 4 amide bonds. The van der Waals surface area contributed by atoms with E-state index in [1.807, 2.05) is 24.3 Å². The van der Waals surface area contributed by atoms with Crippen LogP contribution < -0.4 is 10.6 Å². The van der Waals surface area contributed by atoms with Crippen molar-refractivity contribution in [2.45, 2.75) is 33.2 Å². The number of para-hydroxylation sites is 1. The Morgan fingerprint density at radius 3 is 2.66 bits per heavy atom. The van der Waals surface area contributed by atoms with Crippen LogP contribution in [0.1, 0.15) is 47.3 Å². The van der Waals surface area contributed by atoms with Crippen LogP contribution in [0.5, 0.6) is 0 Å². The maximum atomic E-state index is 12.8. The molecule has 2 heterocycles. The molecule has 0 spiro atoms. The van der Waals surface area contributed by atoms with E-state index >= 15 is 0 Å². The number of hydrogen-bond donors (Lipinski definition) is 2. The van der Waals surface area contributed by atoms with E-state index in [1.165, 1.54) is 0 Å². The lowest BCUT2D eigenvalue weighted by Gasteiger charge is -2.13. The largest absolute Gasteiger partial charge is 0.329 e. The van der Waals surface area contributed by atoms with Crippen molar-refractivity contribution in [3.8, 4) is 5.69 Å². The Morgan fingerprint density at radius 2 is 1.94 bits per heavy atom. The number of aryl methyl sites for hydroxylation is 1. The summed E-state index contributed by atoms with van der Waals surface area (Å²) in [5.74, 6) is 0.229. The number of nitrogens with zero attached hydrogens (tertiary/aromatic N) is 4. The lowest BCUT2D eigenvalue weighted by molar-refractivity contribution is -0.125. The highest BCUT2D eigenvalue weighted by molar-refractivity contribution is 6.02. The van der Waals surface area contributed by atoms with Crippen molar-refractivity contribution in [1.29, 1.82) is 0 Å². The van der Waals surface area contributed by atoms with E-state index in [-0.39, 0.29) is 24.8 Å². The lowest BCUT2D eigenvalue weighted by atomic mass is 10.0. The van der Waals surface area contributed by atoms with E-state index in [1.54, 1.807) is 35.9 Å². The van der Waals surface area contributed by atoms with Gasteiger partial charge in [-0.3, -0.25) is 14.5 Å². The van der Waals surface area contributed by atoms with Crippen LogP contribution in [0.25, 0.3) is 5.69 Å². The van der Waals surface area contributed by atoms with E-state index in [0.29, 0.717) is 23.0 Å². The first kappa shape index (κ1) is 21.2. The third-order valence-electron chi connectivity index (χ3n) is 5.22. The summed E-state index contributed by atoms with van der Waals surface area (Å²) in [4.78, 5) is 41.9. The standard InChI is InChI=1S/C23H24N6O3/c1-14(2)18-9-4-5-10-19(18)29-15(3)25-21(27-29)22(31)26-17-8-6-7-16(11-17)13-28-20(30)12-24-23(28)32/h4-11,14H,12-13H2,1-3H3,(H,24,32)(H,26,31). The first-order chi connectivity index (χ1) is 15.3. The fraction of sp³-hybridized carbons (Fsp3) is 0.261. The second-order valence-corrected chi connectivity index (χ2v) is 7.90. The van der Waals surface area contributed by atoms with E-state index in [9.17, 15) is 14.4 Å².